The largest absolute Gasteiger partial charge is 0.389 e. The number of ether oxygens (including phenoxy) is 1. The predicted molar refractivity (Wildman–Crippen MR) is 56.9 cm³/mol. The van der Waals surface area contributed by atoms with Gasteiger partial charge in [0.2, 0.25) is 5.91 Å². The van der Waals surface area contributed by atoms with E-state index in [1.165, 1.54) is 4.90 Å². The number of hydrogen-bond donors (Lipinski definition) is 0. The monoisotopic (exact) mass is 267 g/mol. The number of alkyl halides is 3. The fourth-order valence-electron chi connectivity index (χ4n) is 1.63. The van der Waals surface area contributed by atoms with Crippen LogP contribution >= 0.6 is 0 Å². The van der Waals surface area contributed by atoms with Gasteiger partial charge in [-0.1, -0.05) is 0 Å². The Kier molecular flexibility index (Phi) is 5.58. The second kappa shape index (κ2) is 6.72. The first kappa shape index (κ1) is 14.9. The quantitative estimate of drug-likeness (QED) is 0.710. The number of Topliss-reactive ketones (excluding diaryl/α,β-unsaturated/α-hetero) is 1. The molecule has 1 fully saturated rings. The van der Waals surface area contributed by atoms with E-state index in [1.54, 1.807) is 0 Å². The van der Waals surface area contributed by atoms with Crippen LogP contribution < -0.4 is 0 Å². The molecule has 1 rings (SSSR count). The molecule has 0 unspecified atom stereocenters. The number of amides is 1. The van der Waals surface area contributed by atoms with Gasteiger partial charge in [-0.05, 0) is 6.42 Å². The second-order valence-corrected chi connectivity index (χ2v) is 4.19. The van der Waals surface area contributed by atoms with Crippen molar-refractivity contribution < 1.29 is 27.5 Å². The van der Waals surface area contributed by atoms with Crippen LogP contribution in [-0.4, -0.2) is 49.1 Å². The number of carbonyl (C=O) groups is 2. The minimum absolute atomic E-state index is 0.0853. The normalized spacial score (nSPS) is 17.1. The van der Waals surface area contributed by atoms with Crippen molar-refractivity contribution in [2.24, 2.45) is 0 Å². The van der Waals surface area contributed by atoms with Gasteiger partial charge in [0.05, 0.1) is 0 Å². The summed E-state index contributed by atoms with van der Waals surface area (Å²) in [5.74, 6) is -0.139. The third-order valence-corrected chi connectivity index (χ3v) is 2.65. The van der Waals surface area contributed by atoms with Crippen LogP contribution in [-0.2, 0) is 14.3 Å². The molecule has 0 aromatic carbocycles. The van der Waals surface area contributed by atoms with Crippen LogP contribution in [0.4, 0.5) is 13.2 Å². The summed E-state index contributed by atoms with van der Waals surface area (Å²) < 4.78 is 40.3. The van der Waals surface area contributed by atoms with Crippen molar-refractivity contribution in [3.05, 3.63) is 0 Å². The lowest BCUT2D eigenvalue weighted by Crippen LogP contribution is -2.40. The van der Waals surface area contributed by atoms with Crippen LogP contribution in [0.15, 0.2) is 0 Å². The lowest BCUT2D eigenvalue weighted by Gasteiger charge is -2.25. The zero-order valence-corrected chi connectivity index (χ0v) is 9.96. The fraction of sp³-hybridized carbons (Fsp3) is 0.818. The highest BCUT2D eigenvalue weighted by Crippen LogP contribution is 2.20. The molecule has 0 bridgehead atoms. The lowest BCUT2D eigenvalue weighted by atomic mass is 10.1. The van der Waals surface area contributed by atoms with Crippen LogP contribution in [0.3, 0.4) is 0 Å². The van der Waals surface area contributed by atoms with Crippen molar-refractivity contribution in [3.8, 4) is 0 Å². The Balaban J connectivity index is 2.08. The number of carbonyl (C=O) groups excluding carboxylic acids is 2. The lowest BCUT2D eigenvalue weighted by molar-refractivity contribution is -0.142. The minimum Gasteiger partial charge on any atom is -0.372 e. The smallest absolute Gasteiger partial charge is 0.372 e. The summed E-state index contributed by atoms with van der Waals surface area (Å²) in [6.07, 6.45) is -4.53. The Morgan fingerprint density at radius 3 is 2.44 bits per heavy atom. The van der Waals surface area contributed by atoms with Gasteiger partial charge in [0.1, 0.15) is 12.4 Å². The molecule has 1 amide bonds. The number of hydrogen-bond acceptors (Lipinski definition) is 3. The first-order chi connectivity index (χ1) is 8.38. The molecule has 18 heavy (non-hydrogen) atoms. The zero-order valence-electron chi connectivity index (χ0n) is 9.96. The molecule has 0 spiro atoms. The Morgan fingerprint density at radius 1 is 1.28 bits per heavy atom. The summed E-state index contributed by atoms with van der Waals surface area (Å²) in [4.78, 5) is 24.0. The molecule has 1 saturated heterocycles. The number of rotatable bonds is 5. The highest BCUT2D eigenvalue weighted by atomic mass is 19.4. The van der Waals surface area contributed by atoms with Gasteiger partial charge in [-0.3, -0.25) is 9.59 Å². The average Bonchev–Trinajstić information content (AvgIpc) is 2.27. The molecule has 0 aromatic rings. The third-order valence-electron chi connectivity index (χ3n) is 2.65. The molecule has 7 heteroatoms. The van der Waals surface area contributed by atoms with Crippen LogP contribution in [0, 0.1) is 0 Å². The molecule has 1 aliphatic heterocycles. The third kappa shape index (κ3) is 6.00. The van der Waals surface area contributed by atoms with Gasteiger partial charge in [-0.2, -0.15) is 13.2 Å². The van der Waals surface area contributed by atoms with E-state index in [-0.39, 0.29) is 31.3 Å². The SMILES string of the molecule is O=C1CCN(C(=O)COCCCC(F)(F)F)CC1. The standard InChI is InChI=1S/C11H16F3NO3/c12-11(13,14)4-1-7-18-8-10(17)15-5-2-9(16)3-6-15/h1-8H2. The summed E-state index contributed by atoms with van der Waals surface area (Å²) in [7, 11) is 0. The molecule has 0 aliphatic carbocycles. The Labute approximate surface area is 103 Å². The van der Waals surface area contributed by atoms with E-state index in [0.717, 1.165) is 0 Å². The van der Waals surface area contributed by atoms with Gasteiger partial charge in [0.15, 0.2) is 0 Å². The van der Waals surface area contributed by atoms with Gasteiger partial charge in [0, 0.05) is 39.0 Å². The molecule has 0 aromatic heterocycles. The number of likely N-dealkylation sites (tertiary alicyclic amines) is 1. The van der Waals surface area contributed by atoms with Crippen LogP contribution in [0.2, 0.25) is 0 Å². The van der Waals surface area contributed by atoms with E-state index < -0.39 is 12.6 Å². The van der Waals surface area contributed by atoms with E-state index in [9.17, 15) is 22.8 Å². The Morgan fingerprint density at radius 2 is 1.89 bits per heavy atom. The second-order valence-electron chi connectivity index (χ2n) is 4.19. The number of halogens is 3. The van der Waals surface area contributed by atoms with E-state index >= 15 is 0 Å². The molecular weight excluding hydrogens is 251 g/mol. The van der Waals surface area contributed by atoms with E-state index in [1.807, 2.05) is 0 Å². The molecule has 1 aliphatic rings. The molecule has 0 atom stereocenters. The highest BCUT2D eigenvalue weighted by Gasteiger charge is 2.26. The average molecular weight is 267 g/mol. The van der Waals surface area contributed by atoms with Crippen molar-refractivity contribution in [2.45, 2.75) is 31.9 Å². The number of piperidine rings is 1. The van der Waals surface area contributed by atoms with E-state index in [4.69, 9.17) is 4.74 Å². The van der Waals surface area contributed by atoms with Crippen molar-refractivity contribution in [1.82, 2.24) is 4.90 Å². The maximum Gasteiger partial charge on any atom is 0.389 e. The van der Waals surface area contributed by atoms with Gasteiger partial charge in [-0.15, -0.1) is 0 Å². The summed E-state index contributed by atoms with van der Waals surface area (Å²) in [6, 6.07) is 0. The molecule has 0 saturated carbocycles. The van der Waals surface area contributed by atoms with E-state index in [0.29, 0.717) is 25.9 Å². The summed E-state index contributed by atoms with van der Waals surface area (Å²) >= 11 is 0. The fourth-order valence-corrected chi connectivity index (χ4v) is 1.63. The molecule has 4 nitrogen and oxygen atoms in total. The predicted octanol–water partition coefficient (Wildman–Crippen LogP) is 1.54. The van der Waals surface area contributed by atoms with Crippen molar-refractivity contribution in [1.29, 1.82) is 0 Å². The van der Waals surface area contributed by atoms with Crippen molar-refractivity contribution >= 4 is 11.7 Å². The number of ketones is 1. The van der Waals surface area contributed by atoms with Crippen LogP contribution in [0.25, 0.3) is 0 Å². The van der Waals surface area contributed by atoms with Gasteiger partial charge in [0.25, 0.3) is 0 Å². The van der Waals surface area contributed by atoms with Gasteiger partial charge < -0.3 is 9.64 Å². The molecule has 1 heterocycles. The van der Waals surface area contributed by atoms with Crippen molar-refractivity contribution in [2.75, 3.05) is 26.3 Å². The van der Waals surface area contributed by atoms with E-state index in [2.05, 4.69) is 0 Å². The molecule has 0 N–H and O–H groups in total. The Bertz CT molecular complexity index is 294. The topological polar surface area (TPSA) is 46.6 Å². The minimum atomic E-state index is -4.18. The Hall–Kier alpha value is -1.11. The first-order valence-electron chi connectivity index (χ1n) is 5.82. The van der Waals surface area contributed by atoms with Gasteiger partial charge >= 0.3 is 6.18 Å². The van der Waals surface area contributed by atoms with Gasteiger partial charge in [-0.25, -0.2) is 0 Å². The molecular formula is C11H16F3NO3. The number of nitrogens with zero attached hydrogens (tertiary/aromatic N) is 1. The van der Waals surface area contributed by atoms with Crippen LogP contribution in [0.1, 0.15) is 25.7 Å². The summed E-state index contributed by atoms with van der Waals surface area (Å²) in [6.45, 7) is 0.456. The maximum atomic E-state index is 11.8. The van der Waals surface area contributed by atoms with Crippen LogP contribution in [0.5, 0.6) is 0 Å². The first-order valence-corrected chi connectivity index (χ1v) is 5.82. The highest BCUT2D eigenvalue weighted by molar-refractivity contribution is 5.83. The summed E-state index contributed by atoms with van der Waals surface area (Å²) in [5, 5.41) is 0. The summed E-state index contributed by atoms with van der Waals surface area (Å²) in [5.41, 5.74) is 0. The molecule has 0 radical (unpaired) electrons. The molecule has 104 valence electrons. The maximum absolute atomic E-state index is 11.8. The zero-order chi connectivity index (χ0) is 13.6. The van der Waals surface area contributed by atoms with Crippen molar-refractivity contribution in [3.63, 3.8) is 0 Å².